The Morgan fingerprint density at radius 2 is 1.74 bits per heavy atom. The number of fused-ring (bicyclic) bond motifs is 1. The molecule has 2 aromatic carbocycles. The summed E-state index contributed by atoms with van der Waals surface area (Å²) >= 11 is 0.850. The third-order valence-electron chi connectivity index (χ3n) is 7.04. The van der Waals surface area contributed by atoms with E-state index in [4.69, 9.17) is 4.74 Å². The van der Waals surface area contributed by atoms with E-state index in [1.807, 2.05) is 54.8 Å². The summed E-state index contributed by atoms with van der Waals surface area (Å²) in [5.74, 6) is -1.07. The van der Waals surface area contributed by atoms with E-state index in [0.29, 0.717) is 25.3 Å². The Hall–Kier alpha value is -4.11. The normalized spacial score (nSPS) is 16.1. The van der Waals surface area contributed by atoms with Gasteiger partial charge in [-0.25, -0.2) is 4.79 Å². The van der Waals surface area contributed by atoms with Crippen molar-refractivity contribution in [2.45, 2.75) is 33.7 Å². The van der Waals surface area contributed by atoms with Crippen LogP contribution in [0.1, 0.15) is 45.4 Å². The molecule has 3 aromatic rings. The van der Waals surface area contributed by atoms with Crippen molar-refractivity contribution in [2.24, 2.45) is 0 Å². The molecular weight excluding hydrogens is 514 g/mol. The second-order valence-corrected chi connectivity index (χ2v) is 10.5. The maximum atomic E-state index is 13.2. The van der Waals surface area contributed by atoms with Gasteiger partial charge in [0.15, 0.2) is 0 Å². The van der Waals surface area contributed by atoms with Crippen LogP contribution in [0.4, 0.5) is 4.79 Å². The van der Waals surface area contributed by atoms with Crippen LogP contribution < -0.4 is 0 Å². The third-order valence-corrected chi connectivity index (χ3v) is 7.95. The third kappa shape index (κ3) is 5.27. The largest absolute Gasteiger partial charge is 0.462 e. The van der Waals surface area contributed by atoms with Crippen molar-refractivity contribution < 1.29 is 23.9 Å². The molecule has 0 bridgehead atoms. The average molecular weight is 544 g/mol. The minimum absolute atomic E-state index is 0.238. The number of hydrogen-bond donors (Lipinski definition) is 0. The minimum atomic E-state index is -0.459. The number of amides is 3. The Bertz CT molecular complexity index is 1510. The summed E-state index contributed by atoms with van der Waals surface area (Å²) in [7, 11) is 0. The SMILES string of the molecule is CCOC(=O)c1ccc(-n2c(C)cc(/C=C3\SC(=O)N(CC(=O)N4CCc5ccccc5C4)C3=O)c2C)cc1. The fourth-order valence-corrected chi connectivity index (χ4v) is 5.84. The first-order valence-electron chi connectivity index (χ1n) is 12.8. The van der Waals surface area contributed by atoms with Crippen molar-refractivity contribution in [3.05, 3.63) is 93.1 Å². The summed E-state index contributed by atoms with van der Waals surface area (Å²) in [6.45, 7) is 6.73. The van der Waals surface area contributed by atoms with Gasteiger partial charge >= 0.3 is 5.97 Å². The van der Waals surface area contributed by atoms with E-state index >= 15 is 0 Å². The quantitative estimate of drug-likeness (QED) is 0.325. The first kappa shape index (κ1) is 26.5. The highest BCUT2D eigenvalue weighted by Gasteiger charge is 2.37. The van der Waals surface area contributed by atoms with E-state index in [1.165, 1.54) is 5.56 Å². The van der Waals surface area contributed by atoms with Crippen molar-refractivity contribution >= 4 is 40.9 Å². The molecule has 0 aliphatic carbocycles. The maximum absolute atomic E-state index is 13.2. The van der Waals surface area contributed by atoms with Gasteiger partial charge in [-0.2, -0.15) is 0 Å². The zero-order valence-corrected chi connectivity index (χ0v) is 22.9. The standard InChI is InChI=1S/C30H29N3O5S/c1-4-38-29(36)22-9-11-25(12-10-22)33-19(2)15-24(20(33)3)16-26-28(35)32(30(37)39-26)18-27(34)31-14-13-21-7-5-6-8-23(21)17-31/h5-12,15-16H,4,13-14,17-18H2,1-3H3/b26-16-. The molecule has 0 unspecified atom stereocenters. The highest BCUT2D eigenvalue weighted by Crippen LogP contribution is 2.34. The summed E-state index contributed by atoms with van der Waals surface area (Å²) in [4.78, 5) is 53.9. The minimum Gasteiger partial charge on any atom is -0.462 e. The summed E-state index contributed by atoms with van der Waals surface area (Å²) in [5, 5.41) is -0.444. The van der Waals surface area contributed by atoms with Crippen molar-refractivity contribution in [3.8, 4) is 5.69 Å². The zero-order chi connectivity index (χ0) is 27.7. The van der Waals surface area contributed by atoms with Gasteiger partial charge in [0, 0.05) is 30.2 Å². The van der Waals surface area contributed by atoms with E-state index in [-0.39, 0.29) is 23.3 Å². The summed E-state index contributed by atoms with van der Waals surface area (Å²) < 4.78 is 7.07. The number of carbonyl (C=O) groups excluding carboxylic acids is 4. The fourth-order valence-electron chi connectivity index (χ4n) is 5.01. The number of thioether (sulfide) groups is 1. The topological polar surface area (TPSA) is 88.9 Å². The molecule has 0 spiro atoms. The van der Waals surface area contributed by atoms with Gasteiger partial charge in [0.25, 0.3) is 11.1 Å². The van der Waals surface area contributed by atoms with Gasteiger partial charge in [0.2, 0.25) is 5.91 Å². The van der Waals surface area contributed by atoms with Gasteiger partial charge < -0.3 is 14.2 Å². The predicted octanol–water partition coefficient (Wildman–Crippen LogP) is 4.89. The molecule has 39 heavy (non-hydrogen) atoms. The van der Waals surface area contributed by atoms with Gasteiger partial charge in [-0.1, -0.05) is 24.3 Å². The van der Waals surface area contributed by atoms with Crippen molar-refractivity contribution in [3.63, 3.8) is 0 Å². The summed E-state index contributed by atoms with van der Waals surface area (Å²) in [6, 6.07) is 17.1. The van der Waals surface area contributed by atoms with Gasteiger partial charge in [0.1, 0.15) is 6.54 Å². The molecule has 200 valence electrons. The lowest BCUT2D eigenvalue weighted by Gasteiger charge is -2.29. The number of aromatic nitrogens is 1. The number of aryl methyl sites for hydroxylation is 1. The van der Waals surface area contributed by atoms with Crippen LogP contribution in [0.25, 0.3) is 11.8 Å². The maximum Gasteiger partial charge on any atom is 0.338 e. The highest BCUT2D eigenvalue weighted by atomic mass is 32.2. The number of carbonyl (C=O) groups is 4. The number of benzene rings is 2. The first-order chi connectivity index (χ1) is 18.8. The molecule has 1 saturated heterocycles. The Balaban J connectivity index is 1.31. The molecule has 0 radical (unpaired) electrons. The summed E-state index contributed by atoms with van der Waals surface area (Å²) in [5.41, 5.74) is 6.26. The lowest BCUT2D eigenvalue weighted by atomic mass is 10.00. The van der Waals surface area contributed by atoms with Gasteiger partial charge in [-0.15, -0.1) is 0 Å². The monoisotopic (exact) mass is 543 g/mol. The first-order valence-corrected chi connectivity index (χ1v) is 13.6. The number of esters is 1. The predicted molar refractivity (Wildman–Crippen MR) is 149 cm³/mol. The second-order valence-electron chi connectivity index (χ2n) is 9.53. The Morgan fingerprint density at radius 3 is 2.46 bits per heavy atom. The van der Waals surface area contributed by atoms with Gasteiger partial charge in [-0.05, 0) is 92.1 Å². The van der Waals surface area contributed by atoms with Gasteiger partial charge in [-0.3, -0.25) is 19.3 Å². The van der Waals surface area contributed by atoms with Crippen molar-refractivity contribution in [1.29, 1.82) is 0 Å². The van der Waals surface area contributed by atoms with Crippen LogP contribution in [0, 0.1) is 13.8 Å². The van der Waals surface area contributed by atoms with Crippen LogP contribution in [0.5, 0.6) is 0 Å². The molecular formula is C30H29N3O5S. The second kappa shape index (κ2) is 10.9. The van der Waals surface area contributed by atoms with Crippen LogP contribution in [0.2, 0.25) is 0 Å². The highest BCUT2D eigenvalue weighted by molar-refractivity contribution is 8.18. The van der Waals surface area contributed by atoms with Crippen LogP contribution in [-0.2, 0) is 27.3 Å². The molecule has 2 aliphatic rings. The van der Waals surface area contributed by atoms with E-state index in [2.05, 4.69) is 6.07 Å². The molecule has 5 rings (SSSR count). The van der Waals surface area contributed by atoms with Crippen LogP contribution in [-0.4, -0.2) is 57.1 Å². The van der Waals surface area contributed by atoms with Crippen molar-refractivity contribution in [1.82, 2.24) is 14.4 Å². The molecule has 1 fully saturated rings. The van der Waals surface area contributed by atoms with Crippen molar-refractivity contribution in [2.75, 3.05) is 19.7 Å². The average Bonchev–Trinajstić information content (AvgIpc) is 3.36. The molecule has 0 atom stereocenters. The van der Waals surface area contributed by atoms with Gasteiger partial charge in [0.05, 0.1) is 17.1 Å². The number of ether oxygens (including phenoxy) is 1. The zero-order valence-electron chi connectivity index (χ0n) is 22.1. The molecule has 3 heterocycles. The number of rotatable bonds is 6. The van der Waals surface area contributed by atoms with E-state index < -0.39 is 11.1 Å². The van der Waals surface area contributed by atoms with Crippen LogP contribution >= 0.6 is 11.8 Å². The molecule has 2 aliphatic heterocycles. The molecule has 1 aromatic heterocycles. The lowest BCUT2D eigenvalue weighted by Crippen LogP contribution is -2.44. The molecule has 8 nitrogen and oxygen atoms in total. The molecule has 3 amide bonds. The smallest absolute Gasteiger partial charge is 0.338 e. The molecule has 0 N–H and O–H groups in total. The Labute approximate surface area is 231 Å². The lowest BCUT2D eigenvalue weighted by molar-refractivity contribution is -0.136. The van der Waals surface area contributed by atoms with E-state index in [1.54, 1.807) is 30.0 Å². The fraction of sp³-hybridized carbons (Fsp3) is 0.267. The molecule has 0 saturated carbocycles. The summed E-state index contributed by atoms with van der Waals surface area (Å²) in [6.07, 6.45) is 2.46. The number of hydrogen-bond acceptors (Lipinski definition) is 6. The Morgan fingerprint density at radius 1 is 1.03 bits per heavy atom. The van der Waals surface area contributed by atoms with Crippen LogP contribution in [0.15, 0.2) is 59.5 Å². The van der Waals surface area contributed by atoms with E-state index in [0.717, 1.165) is 51.3 Å². The molecule has 9 heteroatoms. The van der Waals surface area contributed by atoms with Crippen LogP contribution in [0.3, 0.4) is 0 Å². The number of imide groups is 1. The van der Waals surface area contributed by atoms with E-state index in [9.17, 15) is 19.2 Å². The Kier molecular flexibility index (Phi) is 7.43. The number of nitrogens with zero attached hydrogens (tertiary/aromatic N) is 3.